The first kappa shape index (κ1) is 11.8. The molecule has 0 aromatic carbocycles. The maximum absolute atomic E-state index is 11.5. The molecular weight excluding hydrogens is 246 g/mol. The summed E-state index contributed by atoms with van der Waals surface area (Å²) < 4.78 is 1.62. The first-order valence-corrected chi connectivity index (χ1v) is 6.14. The molecule has 0 bridgehead atoms. The molecule has 3 heterocycles. The van der Waals surface area contributed by atoms with Gasteiger partial charge in [-0.15, -0.1) is 5.10 Å². The van der Waals surface area contributed by atoms with Crippen molar-refractivity contribution in [3.05, 3.63) is 18.3 Å². The van der Waals surface area contributed by atoms with E-state index in [0.717, 1.165) is 11.9 Å². The molecule has 7 heteroatoms. The van der Waals surface area contributed by atoms with Gasteiger partial charge in [0.15, 0.2) is 5.82 Å². The predicted octanol–water partition coefficient (Wildman–Crippen LogP) is 0.755. The lowest BCUT2D eigenvalue weighted by molar-refractivity contribution is -0.142. The van der Waals surface area contributed by atoms with E-state index >= 15 is 0 Å². The summed E-state index contributed by atoms with van der Waals surface area (Å²) in [5.74, 6) is -0.141. The maximum Gasteiger partial charge on any atom is 0.329 e. The number of aromatic nitrogens is 3. The maximum atomic E-state index is 11.5. The molecule has 2 aromatic rings. The van der Waals surface area contributed by atoms with Crippen molar-refractivity contribution in [3.63, 3.8) is 0 Å². The van der Waals surface area contributed by atoms with Crippen LogP contribution >= 0.6 is 0 Å². The lowest BCUT2D eigenvalue weighted by Gasteiger charge is -2.31. The number of carboxylic acid groups (broad SMARTS) is 1. The second kappa shape index (κ2) is 3.84. The Hall–Kier alpha value is -2.31. The smallest absolute Gasteiger partial charge is 0.329 e. The van der Waals surface area contributed by atoms with Crippen molar-refractivity contribution in [1.29, 1.82) is 0 Å². The molecule has 1 fully saturated rings. The molecule has 2 aromatic heterocycles. The van der Waals surface area contributed by atoms with E-state index in [1.165, 1.54) is 0 Å². The number of hydrogen-bond acceptors (Lipinski definition) is 5. The van der Waals surface area contributed by atoms with Crippen LogP contribution in [0, 0.1) is 0 Å². The van der Waals surface area contributed by atoms with E-state index < -0.39 is 11.5 Å². The van der Waals surface area contributed by atoms with Gasteiger partial charge < -0.3 is 15.7 Å². The van der Waals surface area contributed by atoms with Crippen LogP contribution in [0.3, 0.4) is 0 Å². The third-order valence-corrected chi connectivity index (χ3v) is 3.75. The number of aliphatic carboxylic acids is 1. The lowest BCUT2D eigenvalue weighted by atomic mass is 10.00. The molecule has 100 valence electrons. The third-order valence-electron chi connectivity index (χ3n) is 3.75. The summed E-state index contributed by atoms with van der Waals surface area (Å²) in [6, 6.07) is 3.64. The second-order valence-electron chi connectivity index (χ2n) is 4.97. The fourth-order valence-corrected chi connectivity index (χ4v) is 2.57. The fraction of sp³-hybridized carbons (Fsp3) is 0.417. The van der Waals surface area contributed by atoms with Gasteiger partial charge in [-0.25, -0.2) is 9.31 Å². The molecule has 1 aliphatic rings. The number of anilines is 2. The van der Waals surface area contributed by atoms with Crippen LogP contribution in [-0.4, -0.2) is 37.8 Å². The normalized spacial score (nSPS) is 23.1. The van der Waals surface area contributed by atoms with E-state index in [1.807, 2.05) is 12.1 Å². The van der Waals surface area contributed by atoms with Crippen LogP contribution in [-0.2, 0) is 4.79 Å². The van der Waals surface area contributed by atoms with Crippen LogP contribution in [0.4, 0.5) is 11.8 Å². The van der Waals surface area contributed by atoms with Crippen molar-refractivity contribution < 1.29 is 9.90 Å². The number of nitrogens with zero attached hydrogens (tertiary/aromatic N) is 4. The van der Waals surface area contributed by atoms with Crippen molar-refractivity contribution in [1.82, 2.24) is 14.6 Å². The third kappa shape index (κ3) is 1.61. The number of fused-ring (bicyclic) bond motifs is 1. The molecule has 1 saturated heterocycles. The lowest BCUT2D eigenvalue weighted by Crippen LogP contribution is -2.49. The molecule has 7 nitrogen and oxygen atoms in total. The monoisotopic (exact) mass is 261 g/mol. The number of carbonyl (C=O) groups is 1. The van der Waals surface area contributed by atoms with Gasteiger partial charge in [-0.1, -0.05) is 0 Å². The van der Waals surface area contributed by atoms with Gasteiger partial charge in [0.25, 0.3) is 0 Å². The molecule has 0 spiro atoms. The number of hydrogen-bond donors (Lipinski definition) is 2. The molecule has 0 amide bonds. The summed E-state index contributed by atoms with van der Waals surface area (Å²) in [5.41, 5.74) is 5.64. The van der Waals surface area contributed by atoms with E-state index in [1.54, 1.807) is 22.5 Å². The Morgan fingerprint density at radius 1 is 1.58 bits per heavy atom. The summed E-state index contributed by atoms with van der Waals surface area (Å²) in [7, 11) is 0. The number of nitrogens with two attached hydrogens (primary N) is 1. The van der Waals surface area contributed by atoms with Gasteiger partial charge in [-0.05, 0) is 31.9 Å². The first-order chi connectivity index (χ1) is 9.02. The molecule has 3 N–H and O–H groups in total. The minimum absolute atomic E-state index is 0.356. The standard InChI is InChI=1S/C12H15N5O2/c1-12(10(18)19)5-3-6-16(12)11-14-9(13)8-4-2-7-17(8)15-11/h2,4,7H,3,5-6H2,1H3,(H,18,19)(H2,13,14,15)/t12-/m0/s1. The Morgan fingerprint density at radius 2 is 2.37 bits per heavy atom. The molecule has 0 aliphatic carbocycles. The van der Waals surface area contributed by atoms with Crippen molar-refractivity contribution in [2.75, 3.05) is 17.2 Å². The summed E-state index contributed by atoms with van der Waals surface area (Å²) in [4.78, 5) is 17.4. The van der Waals surface area contributed by atoms with Crippen molar-refractivity contribution in [2.24, 2.45) is 0 Å². The molecule has 0 radical (unpaired) electrons. The van der Waals surface area contributed by atoms with E-state index in [-0.39, 0.29) is 0 Å². The van der Waals surface area contributed by atoms with Crippen molar-refractivity contribution in [3.8, 4) is 0 Å². The Bertz CT molecular complexity index is 653. The summed E-state index contributed by atoms with van der Waals surface area (Å²) in [6.45, 7) is 2.32. The largest absolute Gasteiger partial charge is 0.480 e. The number of nitrogen functional groups attached to an aromatic ring is 1. The minimum Gasteiger partial charge on any atom is -0.480 e. The van der Waals surface area contributed by atoms with E-state index in [9.17, 15) is 9.90 Å². The zero-order valence-corrected chi connectivity index (χ0v) is 10.6. The van der Waals surface area contributed by atoms with E-state index in [2.05, 4.69) is 10.1 Å². The van der Waals surface area contributed by atoms with Crippen molar-refractivity contribution >= 4 is 23.3 Å². The summed E-state index contributed by atoms with van der Waals surface area (Å²) >= 11 is 0. The molecule has 1 aliphatic heterocycles. The van der Waals surface area contributed by atoms with Gasteiger partial charge in [0, 0.05) is 12.7 Å². The SMILES string of the molecule is C[C@@]1(C(=O)O)CCCN1c1nc(N)c2cccn2n1. The van der Waals surface area contributed by atoms with Gasteiger partial charge >= 0.3 is 5.97 Å². The average Bonchev–Trinajstić information content (AvgIpc) is 2.95. The zero-order chi connectivity index (χ0) is 13.6. The molecule has 0 unspecified atom stereocenters. The molecule has 1 atom stereocenters. The highest BCUT2D eigenvalue weighted by Gasteiger charge is 2.45. The Labute approximate surface area is 109 Å². The van der Waals surface area contributed by atoms with Crippen LogP contribution in [0.15, 0.2) is 18.3 Å². The van der Waals surface area contributed by atoms with E-state index in [0.29, 0.717) is 24.7 Å². The number of rotatable bonds is 2. The highest BCUT2D eigenvalue weighted by atomic mass is 16.4. The van der Waals surface area contributed by atoms with Crippen LogP contribution in [0.1, 0.15) is 19.8 Å². The van der Waals surface area contributed by atoms with Gasteiger partial charge in [-0.3, -0.25) is 0 Å². The first-order valence-electron chi connectivity index (χ1n) is 6.14. The van der Waals surface area contributed by atoms with Gasteiger partial charge in [-0.2, -0.15) is 4.98 Å². The Kier molecular flexibility index (Phi) is 2.38. The molecular formula is C12H15N5O2. The Morgan fingerprint density at radius 3 is 3.11 bits per heavy atom. The van der Waals surface area contributed by atoms with Crippen LogP contribution in [0.2, 0.25) is 0 Å². The Balaban J connectivity index is 2.11. The number of carboxylic acids is 1. The molecule has 0 saturated carbocycles. The second-order valence-corrected chi connectivity index (χ2v) is 4.97. The predicted molar refractivity (Wildman–Crippen MR) is 70.0 cm³/mol. The summed E-state index contributed by atoms with van der Waals surface area (Å²) in [6.07, 6.45) is 3.15. The van der Waals surface area contributed by atoms with Crippen LogP contribution < -0.4 is 10.6 Å². The van der Waals surface area contributed by atoms with Crippen LogP contribution in [0.5, 0.6) is 0 Å². The van der Waals surface area contributed by atoms with Crippen LogP contribution in [0.25, 0.3) is 5.52 Å². The molecule has 3 rings (SSSR count). The molecule has 19 heavy (non-hydrogen) atoms. The quantitative estimate of drug-likeness (QED) is 0.828. The van der Waals surface area contributed by atoms with Crippen molar-refractivity contribution in [2.45, 2.75) is 25.3 Å². The zero-order valence-electron chi connectivity index (χ0n) is 10.6. The van der Waals surface area contributed by atoms with Gasteiger partial charge in [0.2, 0.25) is 5.95 Å². The van der Waals surface area contributed by atoms with E-state index in [4.69, 9.17) is 5.73 Å². The average molecular weight is 261 g/mol. The topological polar surface area (TPSA) is 96.8 Å². The van der Waals surface area contributed by atoms with Gasteiger partial charge in [0.05, 0.1) is 0 Å². The minimum atomic E-state index is -0.965. The summed E-state index contributed by atoms with van der Waals surface area (Å²) in [5, 5.41) is 13.8. The van der Waals surface area contributed by atoms with Gasteiger partial charge in [0.1, 0.15) is 11.1 Å². The highest BCUT2D eigenvalue weighted by molar-refractivity contribution is 5.83. The highest BCUT2D eigenvalue weighted by Crippen LogP contribution is 2.32. The fourth-order valence-electron chi connectivity index (χ4n) is 2.57.